The Morgan fingerprint density at radius 2 is 2.19 bits per heavy atom. The average Bonchev–Trinajstić information content (AvgIpc) is 3.08. The zero-order valence-corrected chi connectivity index (χ0v) is 15.2. The summed E-state index contributed by atoms with van der Waals surface area (Å²) >= 11 is 0. The third-order valence-electron chi connectivity index (χ3n) is 3.94. The van der Waals surface area contributed by atoms with Gasteiger partial charge in [0, 0.05) is 18.6 Å². The van der Waals surface area contributed by atoms with Crippen LogP contribution < -0.4 is 10.1 Å². The monoisotopic (exact) mass is 350 g/mol. The van der Waals surface area contributed by atoms with E-state index in [0.29, 0.717) is 23.0 Å². The first-order valence-electron chi connectivity index (χ1n) is 8.38. The van der Waals surface area contributed by atoms with Crippen LogP contribution in [0.4, 0.5) is 0 Å². The SMILES string of the molecule is C=CC(=O)NCc1cn2ccnc2c(Oc2cccc(C(C)(C)C)c2)n1. The van der Waals surface area contributed by atoms with Crippen molar-refractivity contribution in [2.24, 2.45) is 0 Å². The molecule has 26 heavy (non-hydrogen) atoms. The molecule has 0 atom stereocenters. The first-order chi connectivity index (χ1) is 12.4. The van der Waals surface area contributed by atoms with Gasteiger partial charge in [-0.1, -0.05) is 39.5 Å². The van der Waals surface area contributed by atoms with Crippen molar-refractivity contribution >= 4 is 11.6 Å². The molecule has 0 aliphatic heterocycles. The van der Waals surface area contributed by atoms with E-state index in [1.54, 1.807) is 6.20 Å². The number of nitrogens with zero attached hydrogens (tertiary/aromatic N) is 3. The molecule has 6 heteroatoms. The Morgan fingerprint density at radius 3 is 2.92 bits per heavy atom. The number of fused-ring (bicyclic) bond motifs is 1. The molecule has 1 N–H and O–H groups in total. The highest BCUT2D eigenvalue weighted by molar-refractivity contribution is 5.86. The van der Waals surface area contributed by atoms with Crippen molar-refractivity contribution in [3.05, 3.63) is 66.8 Å². The van der Waals surface area contributed by atoms with Crippen LogP contribution in [0.5, 0.6) is 11.6 Å². The number of amides is 1. The molecule has 0 bridgehead atoms. The van der Waals surface area contributed by atoms with Crippen molar-refractivity contribution in [2.45, 2.75) is 32.7 Å². The van der Waals surface area contributed by atoms with Gasteiger partial charge in [-0.3, -0.25) is 4.79 Å². The van der Waals surface area contributed by atoms with Crippen molar-refractivity contribution in [3.8, 4) is 11.6 Å². The number of rotatable bonds is 5. The highest BCUT2D eigenvalue weighted by Gasteiger charge is 2.15. The van der Waals surface area contributed by atoms with Gasteiger partial charge in [0.25, 0.3) is 5.88 Å². The Kier molecular flexibility index (Phi) is 4.75. The normalized spacial score (nSPS) is 11.3. The summed E-state index contributed by atoms with van der Waals surface area (Å²) in [7, 11) is 0. The van der Waals surface area contributed by atoms with Crippen LogP contribution in [0.15, 0.2) is 55.5 Å². The lowest BCUT2D eigenvalue weighted by Gasteiger charge is -2.19. The number of carbonyl (C=O) groups is 1. The lowest BCUT2D eigenvalue weighted by molar-refractivity contribution is -0.116. The lowest BCUT2D eigenvalue weighted by atomic mass is 9.87. The summed E-state index contributed by atoms with van der Waals surface area (Å²) in [6.07, 6.45) is 6.53. The molecule has 2 heterocycles. The van der Waals surface area contributed by atoms with E-state index in [1.165, 1.54) is 11.6 Å². The van der Waals surface area contributed by atoms with E-state index >= 15 is 0 Å². The summed E-state index contributed by atoms with van der Waals surface area (Å²) in [6, 6.07) is 7.94. The second-order valence-corrected chi connectivity index (χ2v) is 7.00. The van der Waals surface area contributed by atoms with Gasteiger partial charge in [-0.05, 0) is 29.2 Å². The standard InChI is InChI=1S/C20H22N4O2/c1-5-17(25)22-12-15-13-24-10-9-21-18(24)19(23-15)26-16-8-6-7-14(11-16)20(2,3)4/h5-11,13H,1,12H2,2-4H3,(H,22,25). The molecule has 2 aromatic heterocycles. The minimum Gasteiger partial charge on any atom is -0.436 e. The summed E-state index contributed by atoms with van der Waals surface area (Å²) in [5.74, 6) is 0.839. The fourth-order valence-corrected chi connectivity index (χ4v) is 2.49. The Balaban J connectivity index is 1.93. The van der Waals surface area contributed by atoms with Crippen LogP contribution in [0.25, 0.3) is 5.65 Å². The second-order valence-electron chi connectivity index (χ2n) is 7.00. The highest BCUT2D eigenvalue weighted by Crippen LogP contribution is 2.29. The number of nitrogens with one attached hydrogen (secondary N) is 1. The maximum absolute atomic E-state index is 11.4. The zero-order chi connectivity index (χ0) is 18.7. The Bertz CT molecular complexity index is 954. The van der Waals surface area contributed by atoms with E-state index < -0.39 is 0 Å². The minimum absolute atomic E-state index is 0.0201. The van der Waals surface area contributed by atoms with E-state index in [2.05, 4.69) is 48.7 Å². The topological polar surface area (TPSA) is 68.5 Å². The Labute approximate surface area is 152 Å². The van der Waals surface area contributed by atoms with E-state index in [-0.39, 0.29) is 17.9 Å². The van der Waals surface area contributed by atoms with Gasteiger partial charge in [-0.2, -0.15) is 0 Å². The van der Waals surface area contributed by atoms with Crippen molar-refractivity contribution in [1.82, 2.24) is 19.7 Å². The molecule has 134 valence electrons. The number of ether oxygens (including phenoxy) is 1. The molecule has 0 unspecified atom stereocenters. The predicted octanol–water partition coefficient (Wildman–Crippen LogP) is 3.62. The maximum Gasteiger partial charge on any atom is 0.264 e. The van der Waals surface area contributed by atoms with Crippen LogP contribution in [0.3, 0.4) is 0 Å². The number of hydrogen-bond acceptors (Lipinski definition) is 4. The maximum atomic E-state index is 11.4. The molecular weight excluding hydrogens is 328 g/mol. The summed E-state index contributed by atoms with van der Waals surface area (Å²) in [6.45, 7) is 10.2. The third kappa shape index (κ3) is 3.91. The average molecular weight is 350 g/mol. The number of carbonyl (C=O) groups excluding carboxylic acids is 1. The number of aromatic nitrogens is 3. The van der Waals surface area contributed by atoms with Crippen molar-refractivity contribution < 1.29 is 9.53 Å². The zero-order valence-electron chi connectivity index (χ0n) is 15.2. The van der Waals surface area contributed by atoms with Gasteiger partial charge >= 0.3 is 0 Å². The van der Waals surface area contributed by atoms with Crippen LogP contribution >= 0.6 is 0 Å². The molecule has 3 aromatic rings. The van der Waals surface area contributed by atoms with Crippen LogP contribution in [0.1, 0.15) is 32.0 Å². The van der Waals surface area contributed by atoms with Gasteiger partial charge in [0.1, 0.15) is 5.75 Å². The first-order valence-corrected chi connectivity index (χ1v) is 8.38. The summed E-state index contributed by atoms with van der Waals surface area (Å²) < 4.78 is 7.86. The molecule has 6 nitrogen and oxygen atoms in total. The summed E-state index contributed by atoms with van der Waals surface area (Å²) in [5.41, 5.74) is 2.47. The third-order valence-corrected chi connectivity index (χ3v) is 3.94. The van der Waals surface area contributed by atoms with E-state index in [1.807, 2.05) is 35.0 Å². The molecule has 3 rings (SSSR count). The van der Waals surface area contributed by atoms with Gasteiger partial charge in [0.2, 0.25) is 11.6 Å². The minimum atomic E-state index is -0.252. The van der Waals surface area contributed by atoms with Crippen LogP contribution in [-0.4, -0.2) is 20.3 Å². The molecule has 1 amide bonds. The quantitative estimate of drug-likeness (QED) is 0.714. The fraction of sp³-hybridized carbons (Fsp3) is 0.250. The number of imidazole rings is 1. The van der Waals surface area contributed by atoms with Crippen molar-refractivity contribution in [2.75, 3.05) is 0 Å². The second kappa shape index (κ2) is 7.00. The Hall–Kier alpha value is -3.15. The smallest absolute Gasteiger partial charge is 0.264 e. The number of hydrogen-bond donors (Lipinski definition) is 1. The summed E-state index contributed by atoms with van der Waals surface area (Å²) in [4.78, 5) is 20.2. The molecule has 0 saturated heterocycles. The molecule has 0 radical (unpaired) electrons. The molecule has 0 aliphatic rings. The Morgan fingerprint density at radius 1 is 1.38 bits per heavy atom. The van der Waals surface area contributed by atoms with Crippen LogP contribution in [-0.2, 0) is 16.8 Å². The van der Waals surface area contributed by atoms with Crippen LogP contribution in [0, 0.1) is 0 Å². The molecule has 0 spiro atoms. The van der Waals surface area contributed by atoms with Gasteiger partial charge < -0.3 is 14.5 Å². The van der Waals surface area contributed by atoms with Crippen molar-refractivity contribution in [3.63, 3.8) is 0 Å². The highest BCUT2D eigenvalue weighted by atomic mass is 16.5. The van der Waals surface area contributed by atoms with Crippen molar-refractivity contribution in [1.29, 1.82) is 0 Å². The van der Waals surface area contributed by atoms with E-state index in [9.17, 15) is 4.79 Å². The molecule has 0 saturated carbocycles. The summed E-state index contributed by atoms with van der Waals surface area (Å²) in [5, 5.41) is 2.72. The molecule has 0 aliphatic carbocycles. The van der Waals surface area contributed by atoms with Gasteiger partial charge in [-0.15, -0.1) is 0 Å². The van der Waals surface area contributed by atoms with E-state index in [4.69, 9.17) is 4.74 Å². The molecule has 1 aromatic carbocycles. The lowest BCUT2D eigenvalue weighted by Crippen LogP contribution is -2.21. The molecular formula is C20H22N4O2. The fourth-order valence-electron chi connectivity index (χ4n) is 2.49. The first kappa shape index (κ1) is 17.7. The van der Waals surface area contributed by atoms with Gasteiger partial charge in [-0.25, -0.2) is 9.97 Å². The van der Waals surface area contributed by atoms with Gasteiger partial charge in [0.15, 0.2) is 0 Å². The predicted molar refractivity (Wildman–Crippen MR) is 100 cm³/mol. The van der Waals surface area contributed by atoms with E-state index in [0.717, 1.165) is 0 Å². The molecule has 0 fully saturated rings. The number of benzene rings is 1. The largest absolute Gasteiger partial charge is 0.436 e. The van der Waals surface area contributed by atoms with Gasteiger partial charge in [0.05, 0.1) is 12.2 Å². The van der Waals surface area contributed by atoms with Crippen LogP contribution in [0.2, 0.25) is 0 Å².